The van der Waals surface area contributed by atoms with Gasteiger partial charge in [0.05, 0.1) is 39.6 Å². The third-order valence-electron chi connectivity index (χ3n) is 8.01. The molecule has 10 heteroatoms. The third kappa shape index (κ3) is 5.35. The minimum atomic E-state index is -0.786. The fourth-order valence-corrected chi connectivity index (χ4v) is 6.71. The maximum absolute atomic E-state index is 13.5. The standard InChI is InChI=1S/C29H35N5O4S/c1-16-8-10-23(17-9-11-24-22(14-17)32-28(39-24)18-12-19(13-18)33(2)3)34(15-16)29(37)27(36)31-21-7-5-6-20(26(30)35)25(21)38-4/h5-7,9,11,14,16,18-19,23H,8,10,12-13,15H2,1-4H3,(H2,30,35)(H,31,36)/t16-,18?,19?,23+/m0/s1. The van der Waals surface area contributed by atoms with E-state index in [1.807, 2.05) is 0 Å². The summed E-state index contributed by atoms with van der Waals surface area (Å²) in [5.74, 6) is -1.20. The highest BCUT2D eigenvalue weighted by Crippen LogP contribution is 2.43. The number of ether oxygens (including phenoxy) is 1. The molecule has 1 aliphatic carbocycles. The number of primary amides is 1. The van der Waals surface area contributed by atoms with Crippen LogP contribution in [-0.4, -0.2) is 66.3 Å². The smallest absolute Gasteiger partial charge is 0.314 e. The van der Waals surface area contributed by atoms with E-state index >= 15 is 0 Å². The van der Waals surface area contributed by atoms with E-state index in [2.05, 4.69) is 49.4 Å². The Morgan fingerprint density at radius 1 is 1.15 bits per heavy atom. The van der Waals surface area contributed by atoms with Gasteiger partial charge in [-0.3, -0.25) is 14.4 Å². The van der Waals surface area contributed by atoms with E-state index in [9.17, 15) is 14.4 Å². The lowest BCUT2D eigenvalue weighted by atomic mass is 9.80. The lowest BCUT2D eigenvalue weighted by molar-refractivity contribution is -0.146. The molecule has 3 aromatic rings. The number of amides is 3. The number of fused-ring (bicyclic) bond motifs is 1. The largest absolute Gasteiger partial charge is 0.494 e. The number of carbonyl (C=O) groups excluding carboxylic acids is 3. The summed E-state index contributed by atoms with van der Waals surface area (Å²) in [5.41, 5.74) is 7.72. The van der Waals surface area contributed by atoms with Crippen molar-refractivity contribution < 1.29 is 19.1 Å². The van der Waals surface area contributed by atoms with Crippen molar-refractivity contribution >= 4 is 45.0 Å². The number of benzene rings is 2. The fourth-order valence-electron chi connectivity index (χ4n) is 5.63. The number of carbonyl (C=O) groups is 3. The van der Waals surface area contributed by atoms with Crippen LogP contribution in [0.5, 0.6) is 5.75 Å². The van der Waals surface area contributed by atoms with Gasteiger partial charge in [0.15, 0.2) is 5.75 Å². The molecular weight excluding hydrogens is 514 g/mol. The normalized spacial score (nSPS) is 22.9. The number of methoxy groups -OCH3 is 1. The first-order chi connectivity index (χ1) is 18.7. The highest BCUT2D eigenvalue weighted by atomic mass is 32.1. The van der Waals surface area contributed by atoms with Crippen molar-refractivity contribution in [2.75, 3.05) is 33.1 Å². The number of para-hydroxylation sites is 1. The molecule has 1 saturated carbocycles. The number of thiazole rings is 1. The summed E-state index contributed by atoms with van der Waals surface area (Å²) in [4.78, 5) is 47.3. The second kappa shape index (κ2) is 10.9. The number of piperidine rings is 1. The predicted molar refractivity (Wildman–Crippen MR) is 152 cm³/mol. The Labute approximate surface area is 232 Å². The Hall–Kier alpha value is -3.50. The average Bonchev–Trinajstić information content (AvgIpc) is 3.29. The predicted octanol–water partition coefficient (Wildman–Crippen LogP) is 4.15. The van der Waals surface area contributed by atoms with Crippen LogP contribution >= 0.6 is 11.3 Å². The number of rotatable bonds is 6. The second-order valence-corrected chi connectivity index (χ2v) is 12.0. The molecule has 2 heterocycles. The molecule has 5 rings (SSSR count). The van der Waals surface area contributed by atoms with E-state index in [1.165, 1.54) is 18.2 Å². The van der Waals surface area contributed by atoms with Gasteiger partial charge in [0.1, 0.15) is 0 Å². The molecule has 9 nitrogen and oxygen atoms in total. The quantitative estimate of drug-likeness (QED) is 0.446. The fraction of sp³-hybridized carbons (Fsp3) is 0.448. The van der Waals surface area contributed by atoms with E-state index in [4.69, 9.17) is 15.5 Å². The summed E-state index contributed by atoms with van der Waals surface area (Å²) in [7, 11) is 5.63. The van der Waals surface area contributed by atoms with Gasteiger partial charge in [-0.05, 0) is 75.5 Å². The average molecular weight is 550 g/mol. The van der Waals surface area contributed by atoms with Crippen LogP contribution in [0.3, 0.4) is 0 Å². The van der Waals surface area contributed by atoms with Gasteiger partial charge in [0.25, 0.3) is 5.91 Å². The Kier molecular flexibility index (Phi) is 7.59. The lowest BCUT2D eigenvalue weighted by Gasteiger charge is -2.38. The number of nitrogens with one attached hydrogen (secondary N) is 1. The summed E-state index contributed by atoms with van der Waals surface area (Å²) in [6, 6.07) is 11.3. The SMILES string of the molecule is COc1c(NC(=O)C(=O)N2C[C@@H](C)CC[C@@H]2c2ccc3sc(C4CC(N(C)C)C4)nc3c2)cccc1C(N)=O. The zero-order valence-corrected chi connectivity index (χ0v) is 23.6. The number of hydrogen-bond acceptors (Lipinski definition) is 7. The zero-order valence-electron chi connectivity index (χ0n) is 22.8. The summed E-state index contributed by atoms with van der Waals surface area (Å²) in [6.45, 7) is 2.56. The molecule has 2 aromatic carbocycles. The Bertz CT molecular complexity index is 1410. The van der Waals surface area contributed by atoms with Gasteiger partial charge in [-0.25, -0.2) is 4.98 Å². The van der Waals surface area contributed by atoms with E-state index in [0.717, 1.165) is 41.5 Å². The minimum absolute atomic E-state index is 0.127. The Balaban J connectivity index is 1.36. The molecule has 2 aliphatic rings. The van der Waals surface area contributed by atoms with Crippen LogP contribution in [0.4, 0.5) is 5.69 Å². The van der Waals surface area contributed by atoms with Crippen molar-refractivity contribution in [2.24, 2.45) is 11.7 Å². The topological polar surface area (TPSA) is 118 Å². The van der Waals surface area contributed by atoms with E-state index in [-0.39, 0.29) is 29.0 Å². The maximum Gasteiger partial charge on any atom is 0.314 e. The van der Waals surface area contributed by atoms with Crippen LogP contribution in [0.25, 0.3) is 10.2 Å². The molecule has 39 heavy (non-hydrogen) atoms. The van der Waals surface area contributed by atoms with Crippen molar-refractivity contribution in [3.63, 3.8) is 0 Å². The molecule has 2 atom stereocenters. The monoisotopic (exact) mass is 549 g/mol. The summed E-state index contributed by atoms with van der Waals surface area (Å²) in [5, 5.41) is 3.81. The van der Waals surface area contributed by atoms with Crippen molar-refractivity contribution in [1.29, 1.82) is 0 Å². The third-order valence-corrected chi connectivity index (χ3v) is 9.21. The molecule has 1 saturated heterocycles. The first-order valence-electron chi connectivity index (χ1n) is 13.3. The lowest BCUT2D eigenvalue weighted by Crippen LogP contribution is -2.46. The molecule has 0 radical (unpaired) electrons. The number of likely N-dealkylation sites (tertiary alicyclic amines) is 1. The van der Waals surface area contributed by atoms with Gasteiger partial charge in [-0.15, -0.1) is 11.3 Å². The van der Waals surface area contributed by atoms with Crippen molar-refractivity contribution in [3.8, 4) is 5.75 Å². The van der Waals surface area contributed by atoms with Gasteiger partial charge in [0, 0.05) is 18.5 Å². The Morgan fingerprint density at radius 3 is 2.62 bits per heavy atom. The number of nitrogens with two attached hydrogens (primary N) is 1. The molecule has 1 aliphatic heterocycles. The van der Waals surface area contributed by atoms with Crippen LogP contribution in [0.15, 0.2) is 36.4 Å². The van der Waals surface area contributed by atoms with Crippen LogP contribution < -0.4 is 15.8 Å². The summed E-state index contributed by atoms with van der Waals surface area (Å²) < 4.78 is 6.45. The molecule has 2 fully saturated rings. The van der Waals surface area contributed by atoms with E-state index in [0.29, 0.717) is 18.5 Å². The Morgan fingerprint density at radius 2 is 1.92 bits per heavy atom. The molecule has 0 bridgehead atoms. The van der Waals surface area contributed by atoms with Gasteiger partial charge < -0.3 is 25.6 Å². The van der Waals surface area contributed by atoms with Crippen LogP contribution in [-0.2, 0) is 9.59 Å². The summed E-state index contributed by atoms with van der Waals surface area (Å²) in [6.07, 6.45) is 3.98. The molecule has 3 N–H and O–H groups in total. The van der Waals surface area contributed by atoms with Gasteiger partial charge in [-0.1, -0.05) is 19.1 Å². The van der Waals surface area contributed by atoms with E-state index < -0.39 is 17.7 Å². The number of hydrogen-bond donors (Lipinski definition) is 2. The summed E-state index contributed by atoms with van der Waals surface area (Å²) >= 11 is 1.75. The van der Waals surface area contributed by atoms with Gasteiger partial charge in [-0.2, -0.15) is 0 Å². The molecule has 1 aromatic heterocycles. The molecule has 0 spiro atoms. The highest BCUT2D eigenvalue weighted by molar-refractivity contribution is 7.18. The maximum atomic E-state index is 13.5. The van der Waals surface area contributed by atoms with Crippen molar-refractivity contribution in [2.45, 2.75) is 50.6 Å². The van der Waals surface area contributed by atoms with Gasteiger partial charge >= 0.3 is 11.8 Å². The van der Waals surface area contributed by atoms with Crippen LogP contribution in [0.2, 0.25) is 0 Å². The van der Waals surface area contributed by atoms with Crippen molar-refractivity contribution in [3.05, 3.63) is 52.5 Å². The molecule has 0 unspecified atom stereocenters. The van der Waals surface area contributed by atoms with Crippen molar-refractivity contribution in [1.82, 2.24) is 14.8 Å². The number of nitrogens with zero attached hydrogens (tertiary/aromatic N) is 3. The zero-order chi connectivity index (χ0) is 27.8. The number of aromatic nitrogens is 1. The number of anilines is 1. The minimum Gasteiger partial charge on any atom is -0.494 e. The van der Waals surface area contributed by atoms with E-state index in [1.54, 1.807) is 28.4 Å². The highest BCUT2D eigenvalue weighted by Gasteiger charge is 2.36. The first kappa shape index (κ1) is 27.1. The molecule has 3 amide bonds. The van der Waals surface area contributed by atoms with Gasteiger partial charge in [0.2, 0.25) is 0 Å². The molecule has 206 valence electrons. The second-order valence-electron chi connectivity index (χ2n) is 10.9. The van der Waals surface area contributed by atoms with Crippen LogP contribution in [0.1, 0.15) is 65.5 Å². The molecular formula is C29H35N5O4S. The first-order valence-corrected chi connectivity index (χ1v) is 14.1. The van der Waals surface area contributed by atoms with Crippen LogP contribution in [0, 0.1) is 5.92 Å².